The van der Waals surface area contributed by atoms with Gasteiger partial charge in [-0.25, -0.2) is 0 Å². The number of aryl methyl sites for hydroxylation is 1. The van der Waals surface area contributed by atoms with Gasteiger partial charge >= 0.3 is 0 Å². The van der Waals surface area contributed by atoms with Crippen LogP contribution < -0.4 is 0 Å². The molecule has 0 spiro atoms. The molecule has 6 heteroatoms. The van der Waals surface area contributed by atoms with Crippen LogP contribution in [0.4, 0.5) is 0 Å². The van der Waals surface area contributed by atoms with Crippen molar-refractivity contribution in [2.24, 2.45) is 11.3 Å². The minimum atomic E-state index is -1.58. The van der Waals surface area contributed by atoms with Crippen molar-refractivity contribution in [3.63, 3.8) is 0 Å². The molecule has 1 aromatic carbocycles. The Kier molecular flexibility index (Phi) is 3.26. The summed E-state index contributed by atoms with van der Waals surface area (Å²) in [4.78, 5) is 0. The average molecular weight is 336 g/mol. The van der Waals surface area contributed by atoms with Gasteiger partial charge in [0.15, 0.2) is 11.5 Å². The molecule has 132 valence electrons. The number of phenolic OH excluding ortho intramolecular Hbond substituents is 2. The van der Waals surface area contributed by atoms with E-state index >= 15 is 0 Å². The highest BCUT2D eigenvalue weighted by Crippen LogP contribution is 2.63. The quantitative estimate of drug-likeness (QED) is 0.381. The Morgan fingerprint density at radius 1 is 1.00 bits per heavy atom. The fourth-order valence-electron chi connectivity index (χ4n) is 5.64. The van der Waals surface area contributed by atoms with Crippen molar-refractivity contribution in [2.75, 3.05) is 0 Å². The van der Waals surface area contributed by atoms with E-state index in [2.05, 4.69) is 0 Å². The fraction of sp³-hybridized carbons (Fsp3) is 0.667. The van der Waals surface area contributed by atoms with Crippen LogP contribution >= 0.6 is 0 Å². The summed E-state index contributed by atoms with van der Waals surface area (Å²) in [6.07, 6.45) is -1.62. The molecule has 0 radical (unpaired) electrons. The third kappa shape index (κ3) is 1.69. The van der Waals surface area contributed by atoms with E-state index in [1.807, 2.05) is 0 Å². The first kappa shape index (κ1) is 16.1. The number of aliphatic hydroxyl groups excluding tert-OH is 3. The average Bonchev–Trinajstić information content (AvgIpc) is 2.69. The lowest BCUT2D eigenvalue weighted by Gasteiger charge is -2.55. The summed E-state index contributed by atoms with van der Waals surface area (Å²) in [5, 5.41) is 62.1. The zero-order valence-electron chi connectivity index (χ0n) is 13.6. The Balaban J connectivity index is 1.82. The largest absolute Gasteiger partial charge is 0.504 e. The number of rotatable bonds is 0. The molecule has 3 aliphatic carbocycles. The Labute approximate surface area is 140 Å². The molecule has 0 bridgehead atoms. The molecular weight excluding hydrogens is 312 g/mol. The van der Waals surface area contributed by atoms with Gasteiger partial charge in [0.2, 0.25) is 0 Å². The van der Waals surface area contributed by atoms with E-state index < -0.39 is 29.3 Å². The molecule has 0 heterocycles. The molecule has 0 aliphatic heterocycles. The Bertz CT molecular complexity index is 690. The molecule has 6 N–H and O–H groups in total. The maximum atomic E-state index is 11.4. The van der Waals surface area contributed by atoms with Gasteiger partial charge < -0.3 is 30.6 Å². The van der Waals surface area contributed by atoms with E-state index in [0.717, 1.165) is 11.1 Å². The van der Waals surface area contributed by atoms with Gasteiger partial charge in [-0.15, -0.1) is 0 Å². The smallest absolute Gasteiger partial charge is 0.157 e. The summed E-state index contributed by atoms with van der Waals surface area (Å²) < 4.78 is 0. The van der Waals surface area contributed by atoms with Gasteiger partial charge in [0.25, 0.3) is 0 Å². The van der Waals surface area contributed by atoms with Crippen LogP contribution in [0.1, 0.15) is 43.2 Å². The molecule has 24 heavy (non-hydrogen) atoms. The predicted molar refractivity (Wildman–Crippen MR) is 84.6 cm³/mol. The van der Waals surface area contributed by atoms with Gasteiger partial charge in [-0.3, -0.25) is 0 Å². The highest BCUT2D eigenvalue weighted by Gasteiger charge is 2.71. The molecule has 0 amide bonds. The summed E-state index contributed by atoms with van der Waals surface area (Å²) in [7, 11) is 0. The van der Waals surface area contributed by atoms with E-state index in [-0.39, 0.29) is 23.3 Å². The highest BCUT2D eigenvalue weighted by molar-refractivity contribution is 5.49. The predicted octanol–water partition coefficient (Wildman–Crippen LogP) is 0.371. The summed E-state index contributed by atoms with van der Waals surface area (Å²) in [6, 6.07) is 3.11. The molecule has 2 fully saturated rings. The van der Waals surface area contributed by atoms with Gasteiger partial charge in [0.1, 0.15) is 17.8 Å². The maximum absolute atomic E-state index is 11.4. The lowest BCUT2D eigenvalue weighted by Crippen LogP contribution is -2.62. The summed E-state index contributed by atoms with van der Waals surface area (Å²) in [5.74, 6) is -0.764. The summed E-state index contributed by atoms with van der Waals surface area (Å²) in [5.41, 5.74) is -0.740. The van der Waals surface area contributed by atoms with Crippen LogP contribution in [0.5, 0.6) is 11.5 Å². The van der Waals surface area contributed by atoms with Crippen molar-refractivity contribution >= 4 is 0 Å². The topological polar surface area (TPSA) is 121 Å². The first-order valence-electron chi connectivity index (χ1n) is 8.53. The van der Waals surface area contributed by atoms with Gasteiger partial charge in [-0.05, 0) is 60.8 Å². The molecule has 4 unspecified atom stereocenters. The van der Waals surface area contributed by atoms with Crippen LogP contribution in [0.15, 0.2) is 12.1 Å². The van der Waals surface area contributed by atoms with Crippen LogP contribution in [0.2, 0.25) is 0 Å². The summed E-state index contributed by atoms with van der Waals surface area (Å²) >= 11 is 0. The number of fused-ring (bicyclic) bond motifs is 5. The van der Waals surface area contributed by atoms with Crippen molar-refractivity contribution in [3.05, 3.63) is 23.3 Å². The van der Waals surface area contributed by atoms with E-state index in [0.29, 0.717) is 25.7 Å². The van der Waals surface area contributed by atoms with Crippen LogP contribution in [0.25, 0.3) is 0 Å². The molecular formula is C18H24O6. The molecule has 0 saturated heterocycles. The number of aromatic hydroxyl groups is 2. The number of hydrogen-bond acceptors (Lipinski definition) is 6. The first-order chi connectivity index (χ1) is 11.2. The lowest BCUT2D eigenvalue weighted by molar-refractivity contribution is -0.199. The van der Waals surface area contributed by atoms with Crippen molar-refractivity contribution in [3.8, 4) is 11.5 Å². The Morgan fingerprint density at radius 3 is 2.38 bits per heavy atom. The molecule has 3 aliphatic rings. The molecule has 0 aromatic heterocycles. The standard InChI is InChI=1S/C18H24O6/c1-17-5-4-9-10-7-13(20)12(19)6-8(10)2-3-11(9)18(17,24)16(23)14(21)15(17)22/h6-7,9,11,14-16,19-24H,2-5H2,1H3/t9-,11-,14?,15?,16?,17-,18?/m1/s1. The normalized spacial score (nSPS) is 47.0. The molecule has 6 nitrogen and oxygen atoms in total. The number of aliphatic hydroxyl groups is 4. The van der Waals surface area contributed by atoms with E-state index in [1.54, 1.807) is 19.1 Å². The third-order valence-electron chi connectivity index (χ3n) is 7.05. The Morgan fingerprint density at radius 2 is 1.67 bits per heavy atom. The van der Waals surface area contributed by atoms with Gasteiger partial charge in [-0.2, -0.15) is 0 Å². The number of hydrogen-bond donors (Lipinski definition) is 6. The van der Waals surface area contributed by atoms with Crippen molar-refractivity contribution in [2.45, 2.75) is 62.4 Å². The molecule has 4 rings (SSSR count). The molecule has 7 atom stereocenters. The van der Waals surface area contributed by atoms with Gasteiger partial charge in [0.05, 0.1) is 6.10 Å². The minimum Gasteiger partial charge on any atom is -0.504 e. The van der Waals surface area contributed by atoms with Crippen LogP contribution in [0, 0.1) is 11.3 Å². The maximum Gasteiger partial charge on any atom is 0.157 e. The number of phenols is 2. The zero-order valence-corrected chi connectivity index (χ0v) is 13.6. The zero-order chi connectivity index (χ0) is 17.4. The van der Waals surface area contributed by atoms with Gasteiger partial charge in [-0.1, -0.05) is 6.92 Å². The second kappa shape index (κ2) is 4.85. The van der Waals surface area contributed by atoms with Gasteiger partial charge in [0, 0.05) is 5.41 Å². The highest BCUT2D eigenvalue weighted by atomic mass is 16.4. The van der Waals surface area contributed by atoms with Crippen LogP contribution in [0.3, 0.4) is 0 Å². The van der Waals surface area contributed by atoms with Crippen molar-refractivity contribution in [1.29, 1.82) is 0 Å². The van der Waals surface area contributed by atoms with Crippen molar-refractivity contribution < 1.29 is 30.6 Å². The summed E-state index contributed by atoms with van der Waals surface area (Å²) in [6.45, 7) is 1.73. The fourth-order valence-corrected chi connectivity index (χ4v) is 5.64. The minimum absolute atomic E-state index is 0.0922. The Hall–Kier alpha value is -1.34. The van der Waals surface area contributed by atoms with E-state index in [9.17, 15) is 30.6 Å². The lowest BCUT2D eigenvalue weighted by atomic mass is 9.52. The first-order valence-corrected chi connectivity index (χ1v) is 8.53. The van der Waals surface area contributed by atoms with Crippen molar-refractivity contribution in [1.82, 2.24) is 0 Å². The monoisotopic (exact) mass is 336 g/mol. The molecule has 2 saturated carbocycles. The van der Waals surface area contributed by atoms with Crippen LogP contribution in [-0.4, -0.2) is 54.6 Å². The number of benzene rings is 1. The van der Waals surface area contributed by atoms with E-state index in [1.165, 1.54) is 0 Å². The molecule has 1 aromatic rings. The van der Waals surface area contributed by atoms with Crippen LogP contribution in [-0.2, 0) is 6.42 Å². The second-order valence-corrected chi connectivity index (χ2v) is 7.95. The van der Waals surface area contributed by atoms with E-state index in [4.69, 9.17) is 0 Å². The second-order valence-electron chi connectivity index (χ2n) is 7.95. The third-order valence-corrected chi connectivity index (χ3v) is 7.05. The SMILES string of the molecule is C[C@]12CC[C@@H]3c4cc(O)c(O)cc4CC[C@H]3C1(O)C(O)C(O)C2O.